The first-order valence-electron chi connectivity index (χ1n) is 9.13. The van der Waals surface area contributed by atoms with Crippen molar-refractivity contribution in [3.8, 4) is 0 Å². The number of benzene rings is 3. The van der Waals surface area contributed by atoms with Crippen LogP contribution in [0.2, 0.25) is 0 Å². The highest BCUT2D eigenvalue weighted by atomic mass is 32.2. The summed E-state index contributed by atoms with van der Waals surface area (Å²) in [6.07, 6.45) is 0.808. The van der Waals surface area contributed by atoms with Crippen molar-refractivity contribution < 1.29 is 9.59 Å². The molecule has 0 aliphatic carbocycles. The van der Waals surface area contributed by atoms with E-state index in [1.54, 1.807) is 23.6 Å². The van der Waals surface area contributed by atoms with E-state index in [2.05, 4.69) is 30.3 Å². The third kappa shape index (κ3) is 3.50. The minimum Gasteiger partial charge on any atom is -0.312 e. The van der Waals surface area contributed by atoms with Gasteiger partial charge < -0.3 is 4.90 Å². The highest BCUT2D eigenvalue weighted by molar-refractivity contribution is 8.00. The van der Waals surface area contributed by atoms with Crippen molar-refractivity contribution in [3.63, 3.8) is 0 Å². The number of Topliss-reactive ketones (excluding diaryl/α,β-unsaturated/α-hetero) is 1. The number of hydrogen-bond acceptors (Lipinski definition) is 3. The van der Waals surface area contributed by atoms with Crippen LogP contribution in [-0.4, -0.2) is 23.5 Å². The van der Waals surface area contributed by atoms with Gasteiger partial charge in [0.15, 0.2) is 5.78 Å². The van der Waals surface area contributed by atoms with Crippen molar-refractivity contribution in [3.05, 3.63) is 71.8 Å². The molecule has 1 aliphatic heterocycles. The molecule has 4 heteroatoms. The summed E-state index contributed by atoms with van der Waals surface area (Å²) in [6.45, 7) is 4.23. The van der Waals surface area contributed by atoms with E-state index in [1.807, 2.05) is 37.3 Å². The minimum absolute atomic E-state index is 0.0491. The van der Waals surface area contributed by atoms with E-state index in [4.69, 9.17) is 0 Å². The third-order valence-electron chi connectivity index (χ3n) is 5.04. The van der Waals surface area contributed by atoms with E-state index in [-0.39, 0.29) is 16.9 Å². The van der Waals surface area contributed by atoms with Crippen molar-refractivity contribution >= 4 is 39.9 Å². The summed E-state index contributed by atoms with van der Waals surface area (Å²) >= 11 is 1.59. The summed E-state index contributed by atoms with van der Waals surface area (Å²) in [7, 11) is 0. The van der Waals surface area contributed by atoms with Gasteiger partial charge >= 0.3 is 0 Å². The molecule has 4 rings (SSSR count). The number of ketones is 1. The molecule has 0 radical (unpaired) electrons. The zero-order valence-corrected chi connectivity index (χ0v) is 16.3. The lowest BCUT2D eigenvalue weighted by Gasteiger charge is -2.15. The molecule has 0 unspecified atom stereocenters. The van der Waals surface area contributed by atoms with Crippen LogP contribution < -0.4 is 4.90 Å². The Labute approximate surface area is 163 Å². The number of carbonyl (C=O) groups is 2. The molecule has 1 heterocycles. The number of hydrogen-bond donors (Lipinski definition) is 0. The Morgan fingerprint density at radius 3 is 2.56 bits per heavy atom. The first kappa shape index (κ1) is 17.8. The number of rotatable bonds is 4. The molecular weight excluding hydrogens is 354 g/mol. The van der Waals surface area contributed by atoms with Gasteiger partial charge in [-0.25, -0.2) is 0 Å². The van der Waals surface area contributed by atoms with Gasteiger partial charge in [-0.15, -0.1) is 11.8 Å². The van der Waals surface area contributed by atoms with Gasteiger partial charge in [-0.1, -0.05) is 30.3 Å². The summed E-state index contributed by atoms with van der Waals surface area (Å²) in [6, 6.07) is 20.3. The normalized spacial score (nSPS) is 14.2. The van der Waals surface area contributed by atoms with Gasteiger partial charge in [-0.2, -0.15) is 0 Å². The van der Waals surface area contributed by atoms with Gasteiger partial charge in [0.1, 0.15) is 0 Å². The van der Waals surface area contributed by atoms with E-state index >= 15 is 0 Å². The molecule has 136 valence electrons. The first-order valence-corrected chi connectivity index (χ1v) is 10.0. The molecule has 0 aromatic heterocycles. The molecule has 0 N–H and O–H groups in total. The molecule has 3 nitrogen and oxygen atoms in total. The monoisotopic (exact) mass is 375 g/mol. The third-order valence-corrected chi connectivity index (χ3v) is 6.14. The van der Waals surface area contributed by atoms with Crippen LogP contribution in [0.1, 0.15) is 29.8 Å². The maximum Gasteiger partial charge on any atom is 0.223 e. The number of fused-ring (bicyclic) bond motifs is 2. The quantitative estimate of drug-likeness (QED) is 0.470. The van der Waals surface area contributed by atoms with Crippen LogP contribution in [0.3, 0.4) is 0 Å². The molecule has 0 bridgehead atoms. The molecule has 3 aromatic carbocycles. The van der Waals surface area contributed by atoms with Crippen molar-refractivity contribution in [2.45, 2.75) is 30.4 Å². The summed E-state index contributed by atoms with van der Waals surface area (Å²) in [5, 5.41) is 2.22. The second-order valence-corrected chi connectivity index (χ2v) is 8.31. The Balaban J connectivity index is 1.53. The second-order valence-electron chi connectivity index (χ2n) is 6.90. The Hall–Kier alpha value is -2.59. The van der Waals surface area contributed by atoms with Crippen LogP contribution in [0, 0.1) is 0 Å². The van der Waals surface area contributed by atoms with Gasteiger partial charge in [-0.3, -0.25) is 9.59 Å². The molecule has 1 atom stereocenters. The Kier molecular flexibility index (Phi) is 4.75. The van der Waals surface area contributed by atoms with Gasteiger partial charge in [0.05, 0.1) is 5.25 Å². The number of anilines is 1. The average Bonchev–Trinajstić information content (AvgIpc) is 3.10. The van der Waals surface area contributed by atoms with Crippen molar-refractivity contribution in [1.82, 2.24) is 0 Å². The molecule has 3 aromatic rings. The smallest absolute Gasteiger partial charge is 0.223 e. The van der Waals surface area contributed by atoms with Crippen LogP contribution in [0.15, 0.2) is 65.6 Å². The average molecular weight is 375 g/mol. The molecule has 0 spiro atoms. The lowest BCUT2D eigenvalue weighted by Crippen LogP contribution is -2.25. The van der Waals surface area contributed by atoms with Crippen LogP contribution >= 0.6 is 11.8 Å². The molecule has 27 heavy (non-hydrogen) atoms. The zero-order chi connectivity index (χ0) is 19.0. The Morgan fingerprint density at radius 2 is 1.78 bits per heavy atom. The van der Waals surface area contributed by atoms with E-state index in [9.17, 15) is 9.59 Å². The maximum atomic E-state index is 12.9. The van der Waals surface area contributed by atoms with Crippen LogP contribution in [-0.2, 0) is 11.2 Å². The fourth-order valence-electron chi connectivity index (χ4n) is 3.62. The highest BCUT2D eigenvalue weighted by Crippen LogP contribution is 2.32. The van der Waals surface area contributed by atoms with Crippen molar-refractivity contribution in [2.24, 2.45) is 0 Å². The summed E-state index contributed by atoms with van der Waals surface area (Å²) in [4.78, 5) is 27.5. The Morgan fingerprint density at radius 1 is 1.00 bits per heavy atom. The molecule has 1 aliphatic rings. The minimum atomic E-state index is -0.172. The predicted molar refractivity (Wildman–Crippen MR) is 112 cm³/mol. The number of thioether (sulfide) groups is 1. The molecule has 1 amide bonds. The highest BCUT2D eigenvalue weighted by Gasteiger charge is 2.24. The number of carbonyl (C=O) groups excluding carboxylic acids is 2. The topological polar surface area (TPSA) is 37.4 Å². The van der Waals surface area contributed by atoms with E-state index in [0.29, 0.717) is 6.54 Å². The standard InChI is InChI=1S/C23H21NO2S/c1-15(27-21-9-7-17-5-3-4-6-18(17)14-21)23(26)20-8-10-22-19(13-20)11-12-24(22)16(2)25/h3-10,13-15H,11-12H2,1-2H3/t15-/m0/s1. The molecule has 0 saturated heterocycles. The Bertz CT molecular complexity index is 1040. The second kappa shape index (κ2) is 7.20. The lowest BCUT2D eigenvalue weighted by molar-refractivity contribution is -0.116. The number of nitrogens with zero attached hydrogens (tertiary/aromatic N) is 1. The molecule has 0 fully saturated rings. The number of amides is 1. The fourth-order valence-corrected chi connectivity index (χ4v) is 4.61. The largest absolute Gasteiger partial charge is 0.312 e. The van der Waals surface area contributed by atoms with Crippen LogP contribution in [0.5, 0.6) is 0 Å². The van der Waals surface area contributed by atoms with Gasteiger partial charge in [0.2, 0.25) is 5.91 Å². The van der Waals surface area contributed by atoms with Crippen LogP contribution in [0.25, 0.3) is 10.8 Å². The van der Waals surface area contributed by atoms with E-state index < -0.39 is 0 Å². The zero-order valence-electron chi connectivity index (χ0n) is 15.4. The summed E-state index contributed by atoms with van der Waals surface area (Å²) in [5.41, 5.74) is 2.74. The lowest BCUT2D eigenvalue weighted by atomic mass is 10.0. The van der Waals surface area contributed by atoms with Gasteiger partial charge in [0, 0.05) is 29.6 Å². The summed E-state index contributed by atoms with van der Waals surface area (Å²) < 4.78 is 0. The van der Waals surface area contributed by atoms with Crippen LogP contribution in [0.4, 0.5) is 5.69 Å². The van der Waals surface area contributed by atoms with E-state index in [0.717, 1.165) is 28.1 Å². The van der Waals surface area contributed by atoms with Crippen molar-refractivity contribution in [1.29, 1.82) is 0 Å². The SMILES string of the molecule is CC(=O)N1CCc2cc(C(=O)[C@H](C)Sc3ccc4ccccc4c3)ccc21. The van der Waals surface area contributed by atoms with E-state index in [1.165, 1.54) is 10.8 Å². The molecular formula is C23H21NO2S. The fraction of sp³-hybridized carbons (Fsp3) is 0.217. The maximum absolute atomic E-state index is 12.9. The molecule has 0 saturated carbocycles. The van der Waals surface area contributed by atoms with Crippen molar-refractivity contribution in [2.75, 3.05) is 11.4 Å². The summed E-state index contributed by atoms with van der Waals surface area (Å²) in [5.74, 6) is 0.172. The predicted octanol–water partition coefficient (Wildman–Crippen LogP) is 5.11. The van der Waals surface area contributed by atoms with Gasteiger partial charge in [-0.05, 0) is 60.0 Å². The first-order chi connectivity index (χ1) is 13.0. The van der Waals surface area contributed by atoms with Gasteiger partial charge in [0.25, 0.3) is 0 Å².